The fourth-order valence-corrected chi connectivity index (χ4v) is 2.68. The molecule has 18 heavy (non-hydrogen) atoms. The predicted molar refractivity (Wildman–Crippen MR) is 73.6 cm³/mol. The maximum atomic E-state index is 11.5. The molecule has 1 atom stereocenters. The van der Waals surface area contributed by atoms with Gasteiger partial charge in [-0.3, -0.25) is 9.69 Å². The van der Waals surface area contributed by atoms with Crippen LogP contribution in [0.2, 0.25) is 0 Å². The average molecular weight is 313 g/mol. The van der Waals surface area contributed by atoms with Crippen LogP contribution in [0.5, 0.6) is 0 Å². The number of aliphatic carboxylic acids is 1. The molecule has 1 saturated heterocycles. The Hall–Kier alpha value is -0.910. The van der Waals surface area contributed by atoms with Crippen molar-refractivity contribution in [1.29, 1.82) is 0 Å². The van der Waals surface area contributed by atoms with Gasteiger partial charge in [0, 0.05) is 30.7 Å². The molecule has 98 valence electrons. The first kappa shape index (κ1) is 13.5. The minimum Gasteiger partial charge on any atom is -0.480 e. The lowest BCUT2D eigenvalue weighted by Crippen LogP contribution is -2.47. The molecule has 2 rings (SSSR count). The van der Waals surface area contributed by atoms with Crippen molar-refractivity contribution in [2.24, 2.45) is 0 Å². The van der Waals surface area contributed by atoms with Crippen LogP contribution in [0.4, 0.5) is 0 Å². The second-order valence-electron chi connectivity index (χ2n) is 4.64. The van der Waals surface area contributed by atoms with Crippen molar-refractivity contribution in [2.75, 3.05) is 33.2 Å². The zero-order valence-electron chi connectivity index (χ0n) is 10.3. The topological polar surface area (TPSA) is 43.8 Å². The molecule has 0 bridgehead atoms. The number of hydrogen-bond acceptors (Lipinski definition) is 3. The Balaban J connectivity index is 2.21. The van der Waals surface area contributed by atoms with Crippen molar-refractivity contribution < 1.29 is 9.90 Å². The molecule has 1 aromatic rings. The lowest BCUT2D eigenvalue weighted by Gasteiger charge is -2.36. The molecule has 5 heteroatoms. The standard InChI is InChI=1S/C13H17BrN2O2/c1-15-5-7-16(8-6-15)12(13(17)18)10-3-2-4-11(14)9-10/h2-4,9,12H,5-8H2,1H3,(H,17,18). The van der Waals surface area contributed by atoms with E-state index in [2.05, 4.69) is 27.9 Å². The van der Waals surface area contributed by atoms with Crippen LogP contribution in [-0.4, -0.2) is 54.1 Å². The highest BCUT2D eigenvalue weighted by Gasteiger charge is 2.29. The molecule has 1 aromatic carbocycles. The van der Waals surface area contributed by atoms with E-state index in [4.69, 9.17) is 0 Å². The third-order valence-electron chi connectivity index (χ3n) is 3.30. The minimum absolute atomic E-state index is 0.545. The summed E-state index contributed by atoms with van der Waals surface area (Å²) < 4.78 is 0.917. The minimum atomic E-state index is -0.780. The number of hydrogen-bond donors (Lipinski definition) is 1. The summed E-state index contributed by atoms with van der Waals surface area (Å²) in [7, 11) is 2.06. The summed E-state index contributed by atoms with van der Waals surface area (Å²) in [4.78, 5) is 15.8. The highest BCUT2D eigenvalue weighted by Crippen LogP contribution is 2.24. The summed E-state index contributed by atoms with van der Waals surface area (Å²) in [6, 6.07) is 7.01. The SMILES string of the molecule is CN1CCN(C(C(=O)O)c2cccc(Br)c2)CC1. The van der Waals surface area contributed by atoms with Crippen LogP contribution in [0.3, 0.4) is 0 Å². The van der Waals surface area contributed by atoms with Crippen molar-refractivity contribution >= 4 is 21.9 Å². The fourth-order valence-electron chi connectivity index (χ4n) is 2.27. The quantitative estimate of drug-likeness (QED) is 0.924. The van der Waals surface area contributed by atoms with Crippen molar-refractivity contribution in [1.82, 2.24) is 9.80 Å². The van der Waals surface area contributed by atoms with Gasteiger partial charge in [0.25, 0.3) is 0 Å². The Morgan fingerprint density at radius 1 is 1.33 bits per heavy atom. The largest absolute Gasteiger partial charge is 0.480 e. The van der Waals surface area contributed by atoms with E-state index in [1.54, 1.807) is 0 Å². The third-order valence-corrected chi connectivity index (χ3v) is 3.79. The van der Waals surface area contributed by atoms with Crippen LogP contribution in [0.25, 0.3) is 0 Å². The Kier molecular flexibility index (Phi) is 4.37. The van der Waals surface area contributed by atoms with Crippen LogP contribution in [-0.2, 0) is 4.79 Å². The lowest BCUT2D eigenvalue weighted by atomic mass is 10.0. The first-order valence-corrected chi connectivity index (χ1v) is 6.78. The molecule has 0 spiro atoms. The first-order valence-electron chi connectivity index (χ1n) is 5.99. The monoisotopic (exact) mass is 312 g/mol. The van der Waals surface area contributed by atoms with Gasteiger partial charge in [0.05, 0.1) is 0 Å². The normalized spacial score (nSPS) is 19.7. The molecule has 1 unspecified atom stereocenters. The Labute approximate surface area is 115 Å². The average Bonchev–Trinajstić information content (AvgIpc) is 2.32. The number of halogens is 1. The van der Waals surface area contributed by atoms with Crippen LogP contribution in [0, 0.1) is 0 Å². The van der Waals surface area contributed by atoms with E-state index >= 15 is 0 Å². The third kappa shape index (κ3) is 3.10. The van der Waals surface area contributed by atoms with E-state index in [1.807, 2.05) is 29.2 Å². The molecule has 1 N–H and O–H groups in total. The van der Waals surface area contributed by atoms with Crippen molar-refractivity contribution in [3.05, 3.63) is 34.3 Å². The van der Waals surface area contributed by atoms with Gasteiger partial charge in [0.2, 0.25) is 0 Å². The van der Waals surface area contributed by atoms with Gasteiger partial charge < -0.3 is 10.0 Å². The maximum absolute atomic E-state index is 11.5. The number of nitrogens with zero attached hydrogens (tertiary/aromatic N) is 2. The van der Waals surface area contributed by atoms with Gasteiger partial charge in [-0.25, -0.2) is 0 Å². The number of carboxylic acid groups (broad SMARTS) is 1. The van der Waals surface area contributed by atoms with Gasteiger partial charge >= 0.3 is 5.97 Å². The molecule has 0 radical (unpaired) electrons. The van der Waals surface area contributed by atoms with Gasteiger partial charge in [-0.05, 0) is 24.7 Å². The summed E-state index contributed by atoms with van der Waals surface area (Å²) in [5.41, 5.74) is 0.835. The van der Waals surface area contributed by atoms with E-state index in [0.29, 0.717) is 0 Å². The smallest absolute Gasteiger partial charge is 0.325 e. The maximum Gasteiger partial charge on any atom is 0.325 e. The van der Waals surface area contributed by atoms with E-state index in [9.17, 15) is 9.90 Å². The van der Waals surface area contributed by atoms with Crippen LogP contribution >= 0.6 is 15.9 Å². The van der Waals surface area contributed by atoms with Crippen LogP contribution < -0.4 is 0 Å². The van der Waals surface area contributed by atoms with Crippen molar-refractivity contribution in [2.45, 2.75) is 6.04 Å². The Morgan fingerprint density at radius 3 is 2.56 bits per heavy atom. The second-order valence-corrected chi connectivity index (χ2v) is 5.55. The van der Waals surface area contributed by atoms with E-state index in [0.717, 1.165) is 36.2 Å². The molecule has 1 aliphatic heterocycles. The lowest BCUT2D eigenvalue weighted by molar-refractivity contribution is -0.144. The molecule has 0 aliphatic carbocycles. The van der Waals surface area contributed by atoms with Crippen LogP contribution in [0.15, 0.2) is 28.7 Å². The number of rotatable bonds is 3. The zero-order chi connectivity index (χ0) is 13.1. The zero-order valence-corrected chi connectivity index (χ0v) is 11.9. The summed E-state index contributed by atoms with van der Waals surface area (Å²) in [6.07, 6.45) is 0. The molecule has 1 fully saturated rings. The number of carbonyl (C=O) groups is 1. The van der Waals surface area contributed by atoms with Gasteiger partial charge in [-0.1, -0.05) is 28.1 Å². The molecule has 0 amide bonds. The van der Waals surface area contributed by atoms with E-state index < -0.39 is 12.0 Å². The molecule has 1 heterocycles. The second kappa shape index (κ2) is 5.82. The molecule has 4 nitrogen and oxygen atoms in total. The van der Waals surface area contributed by atoms with Gasteiger partial charge in [-0.2, -0.15) is 0 Å². The van der Waals surface area contributed by atoms with Gasteiger partial charge in [0.15, 0.2) is 0 Å². The summed E-state index contributed by atoms with van der Waals surface area (Å²) in [6.45, 7) is 3.41. The molecule has 0 saturated carbocycles. The van der Waals surface area contributed by atoms with Gasteiger partial charge in [-0.15, -0.1) is 0 Å². The molecule has 1 aliphatic rings. The highest BCUT2D eigenvalue weighted by molar-refractivity contribution is 9.10. The molecular formula is C13H17BrN2O2. The number of benzene rings is 1. The predicted octanol–water partition coefficient (Wildman–Crippen LogP) is 1.82. The summed E-state index contributed by atoms with van der Waals surface area (Å²) in [5, 5.41) is 9.47. The highest BCUT2D eigenvalue weighted by atomic mass is 79.9. The van der Waals surface area contributed by atoms with Crippen LogP contribution in [0.1, 0.15) is 11.6 Å². The summed E-state index contributed by atoms with van der Waals surface area (Å²) in [5.74, 6) is -0.780. The van der Waals surface area contributed by atoms with Crippen molar-refractivity contribution in [3.8, 4) is 0 Å². The number of carboxylic acids is 1. The van der Waals surface area contributed by atoms with E-state index in [1.165, 1.54) is 0 Å². The Bertz CT molecular complexity index is 431. The first-order chi connectivity index (χ1) is 8.58. The molecule has 0 aromatic heterocycles. The summed E-state index contributed by atoms with van der Waals surface area (Å²) >= 11 is 3.39. The number of piperazine rings is 1. The van der Waals surface area contributed by atoms with E-state index in [-0.39, 0.29) is 0 Å². The number of likely N-dealkylation sites (N-methyl/N-ethyl adjacent to an activating group) is 1. The molecular weight excluding hydrogens is 296 g/mol. The fraction of sp³-hybridized carbons (Fsp3) is 0.462. The van der Waals surface area contributed by atoms with Crippen molar-refractivity contribution in [3.63, 3.8) is 0 Å². The Morgan fingerprint density at radius 2 is 2.00 bits per heavy atom. The van der Waals surface area contributed by atoms with Gasteiger partial charge in [0.1, 0.15) is 6.04 Å².